The summed E-state index contributed by atoms with van der Waals surface area (Å²) in [6.45, 7) is 2.14. The smallest absolute Gasteiger partial charge is 0.252 e. The number of hydrogen-bond donors (Lipinski definition) is 4. The zero-order valence-corrected chi connectivity index (χ0v) is 19.1. The summed E-state index contributed by atoms with van der Waals surface area (Å²) in [7, 11) is 0. The van der Waals surface area contributed by atoms with Gasteiger partial charge in [-0.1, -0.05) is 43.4 Å². The van der Waals surface area contributed by atoms with Crippen LogP contribution in [-0.2, 0) is 11.3 Å². The van der Waals surface area contributed by atoms with Crippen molar-refractivity contribution in [1.82, 2.24) is 20.4 Å². The molecule has 0 bridgehead atoms. The Morgan fingerprint density at radius 3 is 2.56 bits per heavy atom. The Bertz CT molecular complexity index is 951. The van der Waals surface area contributed by atoms with Crippen LogP contribution in [0.3, 0.4) is 0 Å². The molecule has 3 rings (SSSR count). The fourth-order valence-electron chi connectivity index (χ4n) is 3.96. The summed E-state index contributed by atoms with van der Waals surface area (Å²) in [6.07, 6.45) is 5.51. The second-order valence-electron chi connectivity index (χ2n) is 8.42. The van der Waals surface area contributed by atoms with E-state index in [4.69, 9.17) is 16.7 Å². The molecule has 9 heteroatoms. The minimum atomic E-state index is -0.872. The van der Waals surface area contributed by atoms with Crippen molar-refractivity contribution in [3.05, 3.63) is 40.5 Å². The first kappa shape index (κ1) is 24.2. The number of nitrogens with zero attached hydrogens (tertiary/aromatic N) is 2. The van der Waals surface area contributed by atoms with Crippen molar-refractivity contribution in [2.45, 2.75) is 57.6 Å². The molecule has 1 aliphatic rings. The highest BCUT2D eigenvalue weighted by Gasteiger charge is 2.28. The van der Waals surface area contributed by atoms with Crippen LogP contribution in [-0.4, -0.2) is 57.1 Å². The molecule has 8 nitrogen and oxygen atoms in total. The normalized spacial score (nSPS) is 15.8. The molecule has 0 spiro atoms. The van der Waals surface area contributed by atoms with E-state index in [-0.39, 0.29) is 38.1 Å². The third-order valence-corrected chi connectivity index (χ3v) is 6.16. The highest BCUT2D eigenvalue weighted by atomic mass is 35.5. The lowest BCUT2D eigenvalue weighted by molar-refractivity contribution is -0.122. The van der Waals surface area contributed by atoms with Gasteiger partial charge in [0.05, 0.1) is 28.5 Å². The minimum absolute atomic E-state index is 0.0331. The predicted molar refractivity (Wildman–Crippen MR) is 122 cm³/mol. The van der Waals surface area contributed by atoms with Gasteiger partial charge in [-0.25, -0.2) is 0 Å². The van der Waals surface area contributed by atoms with Crippen molar-refractivity contribution in [3.8, 4) is 11.3 Å². The van der Waals surface area contributed by atoms with Crippen molar-refractivity contribution in [2.75, 3.05) is 19.7 Å². The number of benzene rings is 1. The molecule has 1 heterocycles. The molecule has 1 fully saturated rings. The summed E-state index contributed by atoms with van der Waals surface area (Å²) >= 11 is 6.29. The number of hydrogen-bond acceptors (Lipinski definition) is 5. The SMILES string of the molecule is Cc1cc(-c2ccc(Cl)c(C(=O)NCC3(O)CCCCCC3)c2)nn1CC(=O)NCCO. The molecule has 1 aromatic carbocycles. The van der Waals surface area contributed by atoms with Crippen LogP contribution in [0.2, 0.25) is 5.02 Å². The largest absolute Gasteiger partial charge is 0.395 e. The average Bonchev–Trinajstić information content (AvgIpc) is 2.98. The number of rotatable bonds is 8. The van der Waals surface area contributed by atoms with Gasteiger partial charge >= 0.3 is 0 Å². The number of amides is 2. The zero-order chi connectivity index (χ0) is 23.1. The zero-order valence-electron chi connectivity index (χ0n) is 18.4. The van der Waals surface area contributed by atoms with Crippen LogP contribution < -0.4 is 10.6 Å². The Morgan fingerprint density at radius 1 is 1.16 bits per heavy atom. The minimum Gasteiger partial charge on any atom is -0.395 e. The number of carbonyl (C=O) groups excluding carboxylic acids is 2. The quantitative estimate of drug-likeness (QED) is 0.449. The molecule has 2 amide bonds. The third kappa shape index (κ3) is 6.31. The lowest BCUT2D eigenvalue weighted by Crippen LogP contribution is -2.42. The van der Waals surface area contributed by atoms with Gasteiger partial charge in [0.1, 0.15) is 6.54 Å². The van der Waals surface area contributed by atoms with Gasteiger partial charge in [0.15, 0.2) is 0 Å². The molecule has 2 aromatic rings. The standard InChI is InChI=1S/C23H31ClN4O4/c1-16-12-20(27-28(16)14-21(30)25-10-11-29)17-6-7-19(24)18(13-17)22(31)26-15-23(32)8-4-2-3-5-9-23/h6-7,12-13,29,32H,2-5,8-11,14-15H2,1H3,(H,25,30)(H,26,31). The van der Waals surface area contributed by atoms with E-state index in [0.717, 1.165) is 31.4 Å². The van der Waals surface area contributed by atoms with E-state index in [0.29, 0.717) is 34.7 Å². The molecule has 0 radical (unpaired) electrons. The molecule has 32 heavy (non-hydrogen) atoms. The predicted octanol–water partition coefficient (Wildman–Crippen LogP) is 2.44. The van der Waals surface area contributed by atoms with E-state index in [1.165, 1.54) is 0 Å². The Kier molecular flexibility index (Phi) is 8.28. The van der Waals surface area contributed by atoms with E-state index >= 15 is 0 Å². The van der Waals surface area contributed by atoms with Crippen LogP contribution >= 0.6 is 11.6 Å². The number of nitrogens with one attached hydrogen (secondary N) is 2. The van der Waals surface area contributed by atoms with Crippen molar-refractivity contribution in [2.24, 2.45) is 0 Å². The van der Waals surface area contributed by atoms with Crippen LogP contribution in [0.15, 0.2) is 24.3 Å². The maximum Gasteiger partial charge on any atom is 0.252 e. The Hall–Kier alpha value is -2.42. The van der Waals surface area contributed by atoms with Crippen molar-refractivity contribution < 1.29 is 19.8 Å². The fourth-order valence-corrected chi connectivity index (χ4v) is 4.16. The first-order chi connectivity index (χ1) is 15.3. The molecule has 1 saturated carbocycles. The summed E-state index contributed by atoms with van der Waals surface area (Å²) in [5.74, 6) is -0.585. The van der Waals surface area contributed by atoms with Crippen molar-refractivity contribution in [3.63, 3.8) is 0 Å². The summed E-state index contributed by atoms with van der Waals surface area (Å²) in [5.41, 5.74) is 1.55. The molecule has 0 unspecified atom stereocenters. The lowest BCUT2D eigenvalue weighted by Gasteiger charge is -2.26. The van der Waals surface area contributed by atoms with Gasteiger partial charge < -0.3 is 20.8 Å². The van der Waals surface area contributed by atoms with Gasteiger partial charge in [-0.2, -0.15) is 5.10 Å². The van der Waals surface area contributed by atoms with Gasteiger partial charge in [0, 0.05) is 24.3 Å². The second kappa shape index (κ2) is 10.9. The molecule has 4 N–H and O–H groups in total. The van der Waals surface area contributed by atoms with Crippen LogP contribution in [0.4, 0.5) is 0 Å². The summed E-state index contributed by atoms with van der Waals surface area (Å²) in [5, 5.41) is 29.9. The van der Waals surface area contributed by atoms with Crippen molar-refractivity contribution >= 4 is 23.4 Å². The van der Waals surface area contributed by atoms with Crippen LogP contribution in [0.1, 0.15) is 54.6 Å². The van der Waals surface area contributed by atoms with Gasteiger partial charge in [0.25, 0.3) is 5.91 Å². The van der Waals surface area contributed by atoms with Crippen LogP contribution in [0.5, 0.6) is 0 Å². The molecule has 1 aromatic heterocycles. The molecular weight excluding hydrogens is 432 g/mol. The topological polar surface area (TPSA) is 116 Å². The second-order valence-corrected chi connectivity index (χ2v) is 8.83. The van der Waals surface area contributed by atoms with Crippen molar-refractivity contribution in [1.29, 1.82) is 0 Å². The van der Waals surface area contributed by atoms with Gasteiger partial charge in [0.2, 0.25) is 5.91 Å². The summed E-state index contributed by atoms with van der Waals surface area (Å²) in [4.78, 5) is 24.8. The van der Waals surface area contributed by atoms with Gasteiger partial charge in [-0.3, -0.25) is 14.3 Å². The molecule has 174 valence electrons. The third-order valence-electron chi connectivity index (χ3n) is 5.83. The highest BCUT2D eigenvalue weighted by Crippen LogP contribution is 2.28. The number of halogens is 1. The number of aliphatic hydroxyl groups excluding tert-OH is 1. The van der Waals surface area contributed by atoms with E-state index in [9.17, 15) is 14.7 Å². The Morgan fingerprint density at radius 2 is 1.88 bits per heavy atom. The van der Waals surface area contributed by atoms with E-state index in [1.807, 2.05) is 13.0 Å². The van der Waals surface area contributed by atoms with E-state index in [1.54, 1.807) is 22.9 Å². The molecule has 0 saturated heterocycles. The van der Waals surface area contributed by atoms with Crippen LogP contribution in [0.25, 0.3) is 11.3 Å². The summed E-state index contributed by atoms with van der Waals surface area (Å²) < 4.78 is 1.57. The maximum atomic E-state index is 12.8. The number of carbonyl (C=O) groups is 2. The van der Waals surface area contributed by atoms with Gasteiger partial charge in [-0.15, -0.1) is 0 Å². The Labute approximate surface area is 193 Å². The first-order valence-corrected chi connectivity index (χ1v) is 11.4. The first-order valence-electron chi connectivity index (χ1n) is 11.0. The molecular formula is C23H31ClN4O4. The average molecular weight is 463 g/mol. The highest BCUT2D eigenvalue weighted by molar-refractivity contribution is 6.34. The monoisotopic (exact) mass is 462 g/mol. The molecule has 0 aliphatic heterocycles. The fraction of sp³-hybridized carbons (Fsp3) is 0.522. The number of aliphatic hydroxyl groups is 2. The summed E-state index contributed by atoms with van der Waals surface area (Å²) in [6, 6.07) is 6.93. The van der Waals surface area contributed by atoms with Gasteiger partial charge in [-0.05, 0) is 38.0 Å². The number of aryl methyl sites for hydroxylation is 1. The van der Waals surface area contributed by atoms with E-state index < -0.39 is 5.60 Å². The Balaban J connectivity index is 1.72. The maximum absolute atomic E-state index is 12.8. The molecule has 1 aliphatic carbocycles. The van der Waals surface area contributed by atoms with E-state index in [2.05, 4.69) is 15.7 Å². The lowest BCUT2D eigenvalue weighted by atomic mass is 9.94. The molecule has 0 atom stereocenters. The van der Waals surface area contributed by atoms with Crippen LogP contribution in [0, 0.1) is 6.92 Å². The number of aromatic nitrogens is 2.